The lowest BCUT2D eigenvalue weighted by atomic mass is 9.95. The van der Waals surface area contributed by atoms with Crippen LogP contribution in [0.5, 0.6) is 0 Å². The third kappa shape index (κ3) is 6.36. The molecule has 1 aromatic heterocycles. The molecule has 3 aromatic carbocycles. The van der Waals surface area contributed by atoms with Gasteiger partial charge in [-0.05, 0) is 67.1 Å². The molecule has 0 saturated carbocycles. The number of piperazine rings is 1. The summed E-state index contributed by atoms with van der Waals surface area (Å²) in [5, 5.41) is 13.7. The largest absolute Gasteiger partial charge is 0.392 e. The number of nitrogens with zero attached hydrogens (tertiary/aromatic N) is 6. The number of likely N-dealkylation sites (N-methyl/N-ethyl adjacent to an activating group) is 1. The molecule has 11 nitrogen and oxygen atoms in total. The molecule has 244 valence electrons. The van der Waals surface area contributed by atoms with Gasteiger partial charge in [-0.15, -0.1) is 0 Å². The van der Waals surface area contributed by atoms with E-state index in [1.807, 2.05) is 54.2 Å². The van der Waals surface area contributed by atoms with E-state index in [0.29, 0.717) is 65.4 Å². The highest BCUT2D eigenvalue weighted by atomic mass is 16.3. The number of hydrogen-bond acceptors (Lipinski definition) is 8. The smallest absolute Gasteiger partial charge is 0.293 e. The zero-order chi connectivity index (χ0) is 33.2. The second-order valence-corrected chi connectivity index (χ2v) is 12.2. The number of aliphatic hydroxyl groups excluding tert-OH is 1. The summed E-state index contributed by atoms with van der Waals surface area (Å²) in [4.78, 5) is 52.5. The van der Waals surface area contributed by atoms with Crippen LogP contribution >= 0.6 is 0 Å². The number of aryl methyl sites for hydroxylation is 1. The summed E-state index contributed by atoms with van der Waals surface area (Å²) in [7, 11) is 5.59. The van der Waals surface area contributed by atoms with Crippen molar-refractivity contribution in [2.45, 2.75) is 20.0 Å². The number of carbonyl (C=O) groups is 2. The molecule has 4 aromatic rings. The molecular formula is C36H41N7O4. The first-order valence-corrected chi connectivity index (χ1v) is 16.0. The highest BCUT2D eigenvalue weighted by Crippen LogP contribution is 2.34. The Balaban J connectivity index is 1.25. The summed E-state index contributed by atoms with van der Waals surface area (Å²) in [6.07, 6.45) is 2.31. The van der Waals surface area contributed by atoms with Crippen molar-refractivity contribution in [3.05, 3.63) is 99.5 Å². The maximum atomic E-state index is 13.7. The van der Waals surface area contributed by atoms with E-state index >= 15 is 0 Å². The summed E-state index contributed by atoms with van der Waals surface area (Å²) in [6.45, 7) is 6.40. The molecule has 0 bridgehead atoms. The Morgan fingerprint density at radius 3 is 2.38 bits per heavy atom. The maximum absolute atomic E-state index is 13.7. The van der Waals surface area contributed by atoms with Gasteiger partial charge in [0, 0.05) is 93.7 Å². The number of benzene rings is 3. The van der Waals surface area contributed by atoms with Gasteiger partial charge in [0.25, 0.3) is 17.4 Å². The molecule has 2 aliphatic rings. The van der Waals surface area contributed by atoms with E-state index in [1.165, 1.54) is 4.57 Å². The number of hydrogen-bond donors (Lipinski definition) is 2. The summed E-state index contributed by atoms with van der Waals surface area (Å²) in [5.41, 5.74) is 5.82. The molecule has 11 heteroatoms. The Bertz CT molecular complexity index is 1860. The molecule has 0 spiro atoms. The van der Waals surface area contributed by atoms with Crippen molar-refractivity contribution < 1.29 is 14.7 Å². The molecule has 1 saturated heterocycles. The third-order valence-electron chi connectivity index (χ3n) is 9.13. The van der Waals surface area contributed by atoms with Crippen LogP contribution in [0.4, 0.5) is 22.9 Å². The van der Waals surface area contributed by atoms with Gasteiger partial charge >= 0.3 is 0 Å². The molecule has 3 heterocycles. The normalized spacial score (nSPS) is 15.0. The maximum Gasteiger partial charge on any atom is 0.293 e. The van der Waals surface area contributed by atoms with Crippen LogP contribution in [0.1, 0.15) is 38.8 Å². The van der Waals surface area contributed by atoms with Gasteiger partial charge in [-0.2, -0.15) is 0 Å². The van der Waals surface area contributed by atoms with Crippen LogP contribution in [0.25, 0.3) is 11.3 Å². The Morgan fingerprint density at radius 1 is 0.957 bits per heavy atom. The van der Waals surface area contributed by atoms with Crippen LogP contribution in [-0.4, -0.2) is 89.6 Å². The molecule has 0 atom stereocenters. The van der Waals surface area contributed by atoms with Gasteiger partial charge in [0.2, 0.25) is 0 Å². The molecule has 0 radical (unpaired) electrons. The summed E-state index contributed by atoms with van der Waals surface area (Å²) >= 11 is 0. The Kier molecular flexibility index (Phi) is 9.10. The first-order valence-electron chi connectivity index (χ1n) is 16.0. The average molecular weight is 636 g/mol. The van der Waals surface area contributed by atoms with Crippen molar-refractivity contribution in [1.29, 1.82) is 0 Å². The minimum Gasteiger partial charge on any atom is -0.392 e. The quantitative estimate of drug-likeness (QED) is 0.301. The van der Waals surface area contributed by atoms with E-state index in [0.717, 1.165) is 30.9 Å². The molecule has 2 aliphatic heterocycles. The van der Waals surface area contributed by atoms with E-state index in [2.05, 4.69) is 28.2 Å². The average Bonchev–Trinajstić information content (AvgIpc) is 3.09. The lowest BCUT2D eigenvalue weighted by Gasteiger charge is -2.34. The third-order valence-corrected chi connectivity index (χ3v) is 9.13. The zero-order valence-electron chi connectivity index (χ0n) is 27.4. The van der Waals surface area contributed by atoms with Gasteiger partial charge in [0.1, 0.15) is 0 Å². The molecular weight excluding hydrogens is 594 g/mol. The van der Waals surface area contributed by atoms with Crippen LogP contribution < -0.4 is 20.7 Å². The van der Waals surface area contributed by atoms with Crippen molar-refractivity contribution in [2.75, 3.05) is 68.5 Å². The van der Waals surface area contributed by atoms with Crippen molar-refractivity contribution >= 4 is 34.7 Å². The molecule has 1 fully saturated rings. The number of amides is 2. The first-order chi connectivity index (χ1) is 22.7. The van der Waals surface area contributed by atoms with E-state index in [4.69, 9.17) is 0 Å². The van der Waals surface area contributed by atoms with Gasteiger partial charge in [0.15, 0.2) is 5.82 Å². The number of nitrogens with one attached hydrogen (secondary N) is 1. The number of anilines is 4. The molecule has 2 amide bonds. The van der Waals surface area contributed by atoms with Crippen LogP contribution in [0.15, 0.2) is 71.7 Å². The summed E-state index contributed by atoms with van der Waals surface area (Å²) < 4.78 is 1.44. The number of rotatable bonds is 8. The fourth-order valence-corrected chi connectivity index (χ4v) is 6.32. The fourth-order valence-electron chi connectivity index (χ4n) is 6.32. The van der Waals surface area contributed by atoms with E-state index < -0.39 is 0 Å². The number of fused-ring (bicyclic) bond motifs is 1. The predicted molar refractivity (Wildman–Crippen MR) is 185 cm³/mol. The zero-order valence-corrected chi connectivity index (χ0v) is 27.4. The van der Waals surface area contributed by atoms with Crippen molar-refractivity contribution in [3.63, 3.8) is 0 Å². The standard InChI is InChI=1S/C36H41N7O4/c1-5-41-17-19-42(20-18-41)34(45)24-9-11-26(12-10-24)37-33-36(47)40(4)22-31(38-33)29-7-6-8-32(30(29)23-44)43-16-15-25-21-27(39(2)3)13-14-28(25)35(43)46/h6-14,21-22,44H,5,15-20,23H2,1-4H3,(H,37,38). The van der Waals surface area contributed by atoms with Crippen LogP contribution in [-0.2, 0) is 20.1 Å². The van der Waals surface area contributed by atoms with Gasteiger partial charge in [-0.25, -0.2) is 4.98 Å². The van der Waals surface area contributed by atoms with Crippen LogP contribution in [0.2, 0.25) is 0 Å². The highest BCUT2D eigenvalue weighted by molar-refractivity contribution is 6.09. The Morgan fingerprint density at radius 2 is 1.70 bits per heavy atom. The van der Waals surface area contributed by atoms with Crippen molar-refractivity contribution in [3.8, 4) is 11.3 Å². The monoisotopic (exact) mass is 635 g/mol. The molecule has 0 aliphatic carbocycles. The minimum atomic E-state index is -0.329. The second-order valence-electron chi connectivity index (χ2n) is 12.2. The fraction of sp³-hybridized carbons (Fsp3) is 0.333. The molecule has 6 rings (SSSR count). The van der Waals surface area contributed by atoms with Gasteiger partial charge in [-0.3, -0.25) is 14.4 Å². The van der Waals surface area contributed by atoms with Crippen molar-refractivity contribution in [1.82, 2.24) is 19.4 Å². The van der Waals surface area contributed by atoms with E-state index in [9.17, 15) is 19.5 Å². The lowest BCUT2D eigenvalue weighted by molar-refractivity contribution is 0.0643. The van der Waals surface area contributed by atoms with Gasteiger partial charge in [-0.1, -0.05) is 19.1 Å². The molecule has 2 N–H and O–H groups in total. The minimum absolute atomic E-state index is 0.00579. The molecule has 47 heavy (non-hydrogen) atoms. The van der Waals surface area contributed by atoms with Gasteiger partial charge < -0.3 is 34.6 Å². The Hall–Kier alpha value is -5.00. The van der Waals surface area contributed by atoms with Gasteiger partial charge in [0.05, 0.1) is 18.0 Å². The number of aliphatic hydroxyl groups is 1. The van der Waals surface area contributed by atoms with E-state index in [1.54, 1.807) is 42.4 Å². The SMILES string of the molecule is CCN1CCN(C(=O)c2ccc(Nc3nc(-c4cccc(N5CCc6cc(N(C)C)ccc6C5=O)c4CO)cn(C)c3=O)cc2)CC1. The summed E-state index contributed by atoms with van der Waals surface area (Å²) in [6, 6.07) is 18.4. The number of carbonyl (C=O) groups excluding carboxylic acids is 2. The van der Waals surface area contributed by atoms with Crippen LogP contribution in [0, 0.1) is 0 Å². The second kappa shape index (κ2) is 13.4. The Labute approximate surface area is 274 Å². The topological polar surface area (TPSA) is 114 Å². The van der Waals surface area contributed by atoms with Crippen LogP contribution in [0.3, 0.4) is 0 Å². The molecule has 0 unspecified atom stereocenters. The lowest BCUT2D eigenvalue weighted by Crippen LogP contribution is -2.48. The first kappa shape index (κ1) is 32.0. The predicted octanol–water partition coefficient (Wildman–Crippen LogP) is 3.73. The summed E-state index contributed by atoms with van der Waals surface area (Å²) in [5.74, 6) is -0.0215. The number of aromatic nitrogens is 2. The van der Waals surface area contributed by atoms with Crippen molar-refractivity contribution in [2.24, 2.45) is 7.05 Å². The van der Waals surface area contributed by atoms with E-state index in [-0.39, 0.29) is 29.8 Å². The highest BCUT2D eigenvalue weighted by Gasteiger charge is 2.28.